The van der Waals surface area contributed by atoms with Crippen LogP contribution in [0.5, 0.6) is 0 Å². The highest BCUT2D eigenvalue weighted by Crippen LogP contribution is 2.39. The highest BCUT2D eigenvalue weighted by molar-refractivity contribution is 6.27. The van der Waals surface area contributed by atoms with Gasteiger partial charge in [-0.15, -0.1) is 0 Å². The average molecular weight is 333 g/mol. The summed E-state index contributed by atoms with van der Waals surface area (Å²) in [5.74, 6) is 0. The maximum absolute atomic E-state index is 4.51. The van der Waals surface area contributed by atoms with Crippen molar-refractivity contribution in [3.8, 4) is 5.69 Å². The van der Waals surface area contributed by atoms with E-state index in [0.717, 1.165) is 11.2 Å². The molecule has 0 radical (unpaired) electrons. The van der Waals surface area contributed by atoms with Gasteiger partial charge in [-0.25, -0.2) is 4.98 Å². The summed E-state index contributed by atoms with van der Waals surface area (Å²) in [4.78, 5) is 7.97. The number of H-pyrrole nitrogens is 1. The van der Waals surface area contributed by atoms with E-state index in [1.165, 1.54) is 38.3 Å². The molecule has 3 heterocycles. The zero-order valence-electron chi connectivity index (χ0n) is 14.0. The van der Waals surface area contributed by atoms with Crippen molar-refractivity contribution in [2.75, 3.05) is 0 Å². The first-order valence-electron chi connectivity index (χ1n) is 8.76. The van der Waals surface area contributed by atoms with Gasteiger partial charge in [0.05, 0.1) is 11.0 Å². The van der Waals surface area contributed by atoms with Crippen LogP contribution in [-0.4, -0.2) is 14.5 Å². The fraction of sp³-hybridized carbons (Fsp3) is 0. The van der Waals surface area contributed by atoms with Gasteiger partial charge in [0.25, 0.3) is 0 Å². The molecule has 0 spiro atoms. The monoisotopic (exact) mass is 333 g/mol. The number of rotatable bonds is 1. The first-order chi connectivity index (χ1) is 12.9. The van der Waals surface area contributed by atoms with E-state index in [1.807, 2.05) is 12.3 Å². The van der Waals surface area contributed by atoms with Crippen molar-refractivity contribution in [2.45, 2.75) is 0 Å². The summed E-state index contributed by atoms with van der Waals surface area (Å²) in [6.45, 7) is 0. The molecular formula is C23H15N3. The van der Waals surface area contributed by atoms with Crippen LogP contribution in [0.15, 0.2) is 85.1 Å². The van der Waals surface area contributed by atoms with Crippen molar-refractivity contribution >= 4 is 43.7 Å². The van der Waals surface area contributed by atoms with E-state index in [-0.39, 0.29) is 0 Å². The number of aromatic nitrogens is 3. The number of pyridine rings is 1. The highest BCUT2D eigenvalue weighted by Gasteiger charge is 2.17. The van der Waals surface area contributed by atoms with Crippen LogP contribution in [0, 0.1) is 0 Å². The minimum absolute atomic E-state index is 0.937. The molecule has 122 valence electrons. The van der Waals surface area contributed by atoms with Gasteiger partial charge in [-0.1, -0.05) is 36.4 Å². The SMILES string of the molecule is c1ccc(-n2c3ccccc3c3c4c(ccc32)[nH]c2ncccc24)cc1. The van der Waals surface area contributed by atoms with Crippen molar-refractivity contribution in [3.05, 3.63) is 85.1 Å². The lowest BCUT2D eigenvalue weighted by Crippen LogP contribution is -1.92. The summed E-state index contributed by atoms with van der Waals surface area (Å²) >= 11 is 0. The first-order valence-corrected chi connectivity index (χ1v) is 8.76. The van der Waals surface area contributed by atoms with Crippen molar-refractivity contribution in [1.82, 2.24) is 14.5 Å². The number of nitrogens with one attached hydrogen (secondary N) is 1. The Kier molecular flexibility index (Phi) is 2.61. The Morgan fingerprint density at radius 3 is 2.38 bits per heavy atom. The van der Waals surface area contributed by atoms with Gasteiger partial charge >= 0.3 is 0 Å². The van der Waals surface area contributed by atoms with E-state index in [1.54, 1.807) is 0 Å². The zero-order valence-corrected chi connectivity index (χ0v) is 14.0. The number of hydrogen-bond acceptors (Lipinski definition) is 1. The topological polar surface area (TPSA) is 33.6 Å². The van der Waals surface area contributed by atoms with E-state index in [9.17, 15) is 0 Å². The maximum Gasteiger partial charge on any atom is 0.138 e. The molecule has 6 rings (SSSR count). The third-order valence-electron chi connectivity index (χ3n) is 5.18. The van der Waals surface area contributed by atoms with Gasteiger partial charge in [-0.3, -0.25) is 0 Å². The molecule has 3 heteroatoms. The van der Waals surface area contributed by atoms with E-state index in [4.69, 9.17) is 0 Å². The van der Waals surface area contributed by atoms with Crippen molar-refractivity contribution < 1.29 is 0 Å². The molecule has 26 heavy (non-hydrogen) atoms. The van der Waals surface area contributed by atoms with E-state index < -0.39 is 0 Å². The summed E-state index contributed by atoms with van der Waals surface area (Å²) in [5, 5.41) is 4.96. The van der Waals surface area contributed by atoms with E-state index in [2.05, 4.69) is 87.3 Å². The molecule has 0 bridgehead atoms. The molecule has 3 aromatic carbocycles. The minimum atomic E-state index is 0.937. The van der Waals surface area contributed by atoms with Crippen LogP contribution < -0.4 is 0 Å². The molecule has 0 unspecified atom stereocenters. The lowest BCUT2D eigenvalue weighted by Gasteiger charge is -2.07. The Balaban J connectivity index is 1.92. The number of aromatic amines is 1. The maximum atomic E-state index is 4.51. The van der Waals surface area contributed by atoms with Crippen LogP contribution in [-0.2, 0) is 0 Å². The molecule has 0 fully saturated rings. The third kappa shape index (κ3) is 1.69. The van der Waals surface area contributed by atoms with Gasteiger partial charge in [-0.2, -0.15) is 0 Å². The van der Waals surface area contributed by atoms with E-state index >= 15 is 0 Å². The van der Waals surface area contributed by atoms with Crippen LogP contribution in [0.1, 0.15) is 0 Å². The lowest BCUT2D eigenvalue weighted by molar-refractivity contribution is 1.18. The Labute approximate surface area is 149 Å². The Morgan fingerprint density at radius 1 is 0.654 bits per heavy atom. The summed E-state index contributed by atoms with van der Waals surface area (Å²) in [6.07, 6.45) is 1.84. The quantitative estimate of drug-likeness (QED) is 0.404. The van der Waals surface area contributed by atoms with Crippen molar-refractivity contribution in [3.63, 3.8) is 0 Å². The molecule has 0 saturated carbocycles. The number of nitrogens with zero attached hydrogens (tertiary/aromatic N) is 2. The highest BCUT2D eigenvalue weighted by atomic mass is 15.0. The second-order valence-corrected chi connectivity index (χ2v) is 6.59. The van der Waals surface area contributed by atoms with Gasteiger partial charge in [0, 0.05) is 38.9 Å². The normalized spacial score (nSPS) is 11.8. The second-order valence-electron chi connectivity index (χ2n) is 6.59. The van der Waals surface area contributed by atoms with Crippen LogP contribution in [0.25, 0.3) is 49.4 Å². The number of fused-ring (bicyclic) bond motifs is 7. The predicted octanol–water partition coefficient (Wildman–Crippen LogP) is 5.81. The van der Waals surface area contributed by atoms with Gasteiger partial charge < -0.3 is 9.55 Å². The van der Waals surface area contributed by atoms with Crippen LogP contribution in [0.4, 0.5) is 0 Å². The number of para-hydroxylation sites is 2. The van der Waals surface area contributed by atoms with Crippen LogP contribution >= 0.6 is 0 Å². The first kappa shape index (κ1) is 13.7. The molecular weight excluding hydrogens is 318 g/mol. The molecule has 3 aromatic heterocycles. The van der Waals surface area contributed by atoms with Crippen molar-refractivity contribution in [1.29, 1.82) is 0 Å². The molecule has 6 aromatic rings. The van der Waals surface area contributed by atoms with Gasteiger partial charge in [0.15, 0.2) is 0 Å². The van der Waals surface area contributed by atoms with Crippen LogP contribution in [0.3, 0.4) is 0 Å². The minimum Gasteiger partial charge on any atom is -0.339 e. The zero-order chi connectivity index (χ0) is 17.1. The smallest absolute Gasteiger partial charge is 0.138 e. The summed E-state index contributed by atoms with van der Waals surface area (Å²) < 4.78 is 2.35. The molecule has 0 aliphatic heterocycles. The Morgan fingerprint density at radius 2 is 1.46 bits per heavy atom. The predicted molar refractivity (Wildman–Crippen MR) is 108 cm³/mol. The van der Waals surface area contributed by atoms with Gasteiger partial charge in [0.1, 0.15) is 5.65 Å². The molecule has 0 aliphatic carbocycles. The summed E-state index contributed by atoms with van der Waals surface area (Å²) in [6, 6.07) is 27.7. The molecule has 0 saturated heterocycles. The van der Waals surface area contributed by atoms with Crippen molar-refractivity contribution in [2.24, 2.45) is 0 Å². The standard InChI is InChI=1S/C23H15N3/c1-2-7-15(8-3-1)26-19-11-5-4-9-16(19)22-20(26)13-12-18-21(22)17-10-6-14-24-23(17)25-18/h1-14H,(H,24,25). The van der Waals surface area contributed by atoms with Gasteiger partial charge in [-0.05, 0) is 42.5 Å². The number of hydrogen-bond donors (Lipinski definition) is 1. The van der Waals surface area contributed by atoms with Gasteiger partial charge in [0.2, 0.25) is 0 Å². The average Bonchev–Trinajstić information content (AvgIpc) is 3.24. The Hall–Kier alpha value is -3.59. The lowest BCUT2D eigenvalue weighted by atomic mass is 10.1. The largest absolute Gasteiger partial charge is 0.339 e. The fourth-order valence-electron chi connectivity index (χ4n) is 4.13. The summed E-state index contributed by atoms with van der Waals surface area (Å²) in [5.41, 5.74) is 5.68. The molecule has 0 aliphatic rings. The third-order valence-corrected chi connectivity index (χ3v) is 5.18. The second kappa shape index (κ2) is 4.96. The number of benzene rings is 3. The fourth-order valence-corrected chi connectivity index (χ4v) is 4.13. The van der Waals surface area contributed by atoms with E-state index in [0.29, 0.717) is 0 Å². The molecule has 0 amide bonds. The molecule has 3 nitrogen and oxygen atoms in total. The molecule has 0 atom stereocenters. The Bertz CT molecular complexity index is 1420. The molecule has 1 N–H and O–H groups in total. The van der Waals surface area contributed by atoms with Crippen LogP contribution in [0.2, 0.25) is 0 Å². The summed E-state index contributed by atoms with van der Waals surface area (Å²) in [7, 11) is 0.